The first kappa shape index (κ1) is 22.5. The van der Waals surface area contributed by atoms with Crippen LogP contribution in [0.2, 0.25) is 0 Å². The first-order valence-electron chi connectivity index (χ1n) is 11.5. The largest absolute Gasteiger partial charge is 0.492 e. The number of β-amino-alcohol motifs (C(OH)–C–C–N with tert-alkyl or cyclic N) is 1. The SMILES string of the molecule is Cc1cc(N2CC[C@@](O)(CNC(=O)c3ccc(OCCN4CCCCC4)cc3)C2)ncn1. The average molecular weight is 440 g/mol. The zero-order valence-electron chi connectivity index (χ0n) is 18.8. The van der Waals surface area contributed by atoms with Crippen LogP contribution in [0.5, 0.6) is 5.75 Å². The van der Waals surface area contributed by atoms with Gasteiger partial charge in [-0.3, -0.25) is 9.69 Å². The van der Waals surface area contributed by atoms with E-state index in [1.807, 2.05) is 30.0 Å². The van der Waals surface area contributed by atoms with Crippen LogP contribution < -0.4 is 15.0 Å². The average Bonchev–Trinajstić information content (AvgIpc) is 3.21. The van der Waals surface area contributed by atoms with Gasteiger partial charge in [0.25, 0.3) is 5.91 Å². The van der Waals surface area contributed by atoms with Gasteiger partial charge < -0.3 is 20.1 Å². The number of aromatic nitrogens is 2. The molecule has 1 aromatic heterocycles. The Hall–Kier alpha value is -2.71. The predicted molar refractivity (Wildman–Crippen MR) is 123 cm³/mol. The second-order valence-electron chi connectivity index (χ2n) is 8.87. The van der Waals surface area contributed by atoms with Crippen molar-refractivity contribution in [3.05, 3.63) is 47.9 Å². The zero-order chi connectivity index (χ0) is 22.4. The van der Waals surface area contributed by atoms with E-state index >= 15 is 0 Å². The Labute approximate surface area is 189 Å². The number of nitrogens with zero attached hydrogens (tertiary/aromatic N) is 4. The Balaban J connectivity index is 1.22. The molecule has 172 valence electrons. The molecule has 8 nitrogen and oxygen atoms in total. The summed E-state index contributed by atoms with van der Waals surface area (Å²) in [6, 6.07) is 9.09. The van der Waals surface area contributed by atoms with Crippen molar-refractivity contribution in [2.24, 2.45) is 0 Å². The number of nitrogens with one attached hydrogen (secondary N) is 1. The second kappa shape index (κ2) is 10.3. The molecule has 0 saturated carbocycles. The number of likely N-dealkylation sites (tertiary alicyclic amines) is 1. The first-order valence-corrected chi connectivity index (χ1v) is 11.5. The minimum absolute atomic E-state index is 0.195. The molecule has 0 radical (unpaired) electrons. The smallest absolute Gasteiger partial charge is 0.251 e. The van der Waals surface area contributed by atoms with E-state index in [2.05, 4.69) is 20.2 Å². The van der Waals surface area contributed by atoms with Crippen LogP contribution in [0.4, 0.5) is 5.82 Å². The monoisotopic (exact) mass is 439 g/mol. The van der Waals surface area contributed by atoms with Gasteiger partial charge in [-0.2, -0.15) is 0 Å². The van der Waals surface area contributed by atoms with E-state index in [4.69, 9.17) is 4.74 Å². The fourth-order valence-corrected chi connectivity index (χ4v) is 4.33. The van der Waals surface area contributed by atoms with Gasteiger partial charge in [0.15, 0.2) is 0 Å². The highest BCUT2D eigenvalue weighted by molar-refractivity contribution is 5.94. The molecule has 2 aliphatic rings. The van der Waals surface area contributed by atoms with Gasteiger partial charge in [0, 0.05) is 43.5 Å². The molecule has 0 unspecified atom stereocenters. The molecular formula is C24H33N5O3. The molecule has 32 heavy (non-hydrogen) atoms. The molecule has 2 aromatic rings. The summed E-state index contributed by atoms with van der Waals surface area (Å²) < 4.78 is 5.83. The molecule has 0 bridgehead atoms. The van der Waals surface area contributed by atoms with Gasteiger partial charge in [-0.15, -0.1) is 0 Å². The predicted octanol–water partition coefficient (Wildman–Crippen LogP) is 2.02. The number of aryl methyl sites for hydroxylation is 1. The minimum atomic E-state index is -0.980. The van der Waals surface area contributed by atoms with Crippen LogP contribution in [0.25, 0.3) is 0 Å². The van der Waals surface area contributed by atoms with Crippen molar-refractivity contribution in [2.45, 2.75) is 38.2 Å². The fourth-order valence-electron chi connectivity index (χ4n) is 4.33. The second-order valence-corrected chi connectivity index (χ2v) is 8.87. The van der Waals surface area contributed by atoms with Crippen molar-refractivity contribution in [1.82, 2.24) is 20.2 Å². The molecule has 4 rings (SSSR count). The Bertz CT molecular complexity index is 901. The highest BCUT2D eigenvalue weighted by Gasteiger charge is 2.37. The molecule has 0 spiro atoms. The lowest BCUT2D eigenvalue weighted by Crippen LogP contribution is -2.45. The number of piperidine rings is 1. The molecule has 1 atom stereocenters. The highest BCUT2D eigenvalue weighted by Crippen LogP contribution is 2.25. The third kappa shape index (κ3) is 5.95. The van der Waals surface area contributed by atoms with E-state index in [9.17, 15) is 9.90 Å². The van der Waals surface area contributed by atoms with Crippen LogP contribution >= 0.6 is 0 Å². The lowest BCUT2D eigenvalue weighted by Gasteiger charge is -2.26. The van der Waals surface area contributed by atoms with E-state index < -0.39 is 5.60 Å². The van der Waals surface area contributed by atoms with E-state index in [1.165, 1.54) is 25.6 Å². The number of amides is 1. The number of rotatable bonds is 8. The van der Waals surface area contributed by atoms with E-state index in [1.54, 1.807) is 12.1 Å². The van der Waals surface area contributed by atoms with Crippen LogP contribution in [0.3, 0.4) is 0 Å². The number of anilines is 1. The maximum absolute atomic E-state index is 12.6. The molecule has 1 aromatic carbocycles. The number of carbonyl (C=O) groups excluding carboxylic acids is 1. The summed E-state index contributed by atoms with van der Waals surface area (Å²) in [5.74, 6) is 1.37. The topological polar surface area (TPSA) is 90.8 Å². The third-order valence-corrected chi connectivity index (χ3v) is 6.27. The van der Waals surface area contributed by atoms with Gasteiger partial charge in [0.2, 0.25) is 0 Å². The summed E-state index contributed by atoms with van der Waals surface area (Å²) in [6.45, 7) is 7.13. The summed E-state index contributed by atoms with van der Waals surface area (Å²) in [7, 11) is 0. The standard InChI is InChI=1S/C24H33N5O3/c1-19-15-22(27-18-26-19)29-12-9-24(31,17-29)16-25-23(30)20-5-7-21(8-6-20)32-14-13-28-10-3-2-4-11-28/h5-8,15,18,31H,2-4,9-14,16-17H2,1H3,(H,25,30)/t24-/m1/s1. The van der Waals surface area contributed by atoms with Crippen LogP contribution in [0.15, 0.2) is 36.7 Å². The van der Waals surface area contributed by atoms with Gasteiger partial charge >= 0.3 is 0 Å². The maximum atomic E-state index is 12.6. The number of ether oxygens (including phenoxy) is 1. The zero-order valence-corrected chi connectivity index (χ0v) is 18.8. The number of hydrogen-bond acceptors (Lipinski definition) is 7. The highest BCUT2D eigenvalue weighted by atomic mass is 16.5. The van der Waals surface area contributed by atoms with Crippen molar-refractivity contribution < 1.29 is 14.6 Å². The van der Waals surface area contributed by atoms with Crippen LogP contribution in [0, 0.1) is 6.92 Å². The molecule has 0 aliphatic carbocycles. The lowest BCUT2D eigenvalue weighted by molar-refractivity contribution is 0.0575. The van der Waals surface area contributed by atoms with Crippen molar-refractivity contribution in [3.63, 3.8) is 0 Å². The maximum Gasteiger partial charge on any atom is 0.251 e. The van der Waals surface area contributed by atoms with Crippen molar-refractivity contribution in [2.75, 3.05) is 50.8 Å². The van der Waals surface area contributed by atoms with E-state index in [0.29, 0.717) is 31.7 Å². The summed E-state index contributed by atoms with van der Waals surface area (Å²) in [6.07, 6.45) is 5.98. The molecule has 2 aliphatic heterocycles. The molecule has 1 amide bonds. The molecule has 3 heterocycles. The fraction of sp³-hybridized carbons (Fsp3) is 0.542. The van der Waals surface area contributed by atoms with Crippen LogP contribution in [-0.2, 0) is 0 Å². The van der Waals surface area contributed by atoms with Crippen molar-refractivity contribution >= 4 is 11.7 Å². The Kier molecular flexibility index (Phi) is 7.22. The molecule has 2 saturated heterocycles. The minimum Gasteiger partial charge on any atom is -0.492 e. The normalized spacial score (nSPS) is 21.5. The van der Waals surface area contributed by atoms with Gasteiger partial charge in [0.05, 0.1) is 0 Å². The van der Waals surface area contributed by atoms with Crippen LogP contribution in [0.1, 0.15) is 41.7 Å². The number of benzene rings is 1. The van der Waals surface area contributed by atoms with Crippen LogP contribution in [-0.4, -0.2) is 77.4 Å². The third-order valence-electron chi connectivity index (χ3n) is 6.27. The molecule has 8 heteroatoms. The number of hydrogen-bond donors (Lipinski definition) is 2. The van der Waals surface area contributed by atoms with Gasteiger partial charge in [-0.25, -0.2) is 9.97 Å². The van der Waals surface area contributed by atoms with E-state index in [-0.39, 0.29) is 12.5 Å². The number of aliphatic hydroxyl groups is 1. The molecular weight excluding hydrogens is 406 g/mol. The van der Waals surface area contributed by atoms with E-state index in [0.717, 1.165) is 36.9 Å². The Morgan fingerprint density at radius 3 is 2.69 bits per heavy atom. The lowest BCUT2D eigenvalue weighted by atomic mass is 10.0. The summed E-state index contributed by atoms with van der Waals surface area (Å²) in [5, 5.41) is 13.8. The summed E-state index contributed by atoms with van der Waals surface area (Å²) in [4.78, 5) is 25.4. The number of carbonyl (C=O) groups is 1. The summed E-state index contributed by atoms with van der Waals surface area (Å²) >= 11 is 0. The Morgan fingerprint density at radius 2 is 1.94 bits per heavy atom. The van der Waals surface area contributed by atoms with Gasteiger partial charge in [-0.1, -0.05) is 6.42 Å². The van der Waals surface area contributed by atoms with Crippen molar-refractivity contribution in [3.8, 4) is 5.75 Å². The molecule has 2 fully saturated rings. The van der Waals surface area contributed by atoms with Gasteiger partial charge in [0.1, 0.15) is 30.1 Å². The Morgan fingerprint density at radius 1 is 1.16 bits per heavy atom. The van der Waals surface area contributed by atoms with Gasteiger partial charge in [-0.05, 0) is 63.5 Å². The quantitative estimate of drug-likeness (QED) is 0.650. The molecule has 2 N–H and O–H groups in total. The van der Waals surface area contributed by atoms with Crippen molar-refractivity contribution in [1.29, 1.82) is 0 Å². The first-order chi connectivity index (χ1) is 15.5. The summed E-state index contributed by atoms with van der Waals surface area (Å²) in [5.41, 5.74) is 0.461.